The summed E-state index contributed by atoms with van der Waals surface area (Å²) in [5.74, 6) is -0.520. The van der Waals surface area contributed by atoms with Gasteiger partial charge >= 0.3 is 0 Å². The third-order valence-corrected chi connectivity index (χ3v) is 4.33. The van der Waals surface area contributed by atoms with Gasteiger partial charge in [-0.3, -0.25) is 4.79 Å². The van der Waals surface area contributed by atoms with Crippen LogP contribution in [0.5, 0.6) is 0 Å². The van der Waals surface area contributed by atoms with Crippen LogP contribution < -0.4 is 5.32 Å². The van der Waals surface area contributed by atoms with E-state index in [1.165, 1.54) is 35.2 Å². The van der Waals surface area contributed by atoms with Crippen molar-refractivity contribution < 1.29 is 9.18 Å². The van der Waals surface area contributed by atoms with Crippen LogP contribution in [0.4, 0.5) is 10.1 Å². The lowest BCUT2D eigenvalue weighted by atomic mass is 10.3. The van der Waals surface area contributed by atoms with Gasteiger partial charge in [-0.15, -0.1) is 11.3 Å². The Morgan fingerprint density at radius 2 is 2.10 bits per heavy atom. The van der Waals surface area contributed by atoms with E-state index < -0.39 is 0 Å². The summed E-state index contributed by atoms with van der Waals surface area (Å²) < 4.78 is 12.8. The molecule has 0 atom stereocenters. The molecule has 21 heavy (non-hydrogen) atoms. The molecule has 1 amide bonds. The minimum absolute atomic E-state index is 0.202. The number of benzene rings is 1. The Morgan fingerprint density at radius 1 is 1.33 bits per heavy atom. The molecule has 2 heterocycles. The number of thioether (sulfide) groups is 1. The van der Waals surface area contributed by atoms with E-state index in [0.29, 0.717) is 15.8 Å². The molecular weight excluding hydrogens is 309 g/mol. The smallest absolute Gasteiger partial charge is 0.264 e. The number of amides is 1. The van der Waals surface area contributed by atoms with E-state index in [1.807, 2.05) is 12.3 Å². The first kappa shape index (κ1) is 14.0. The average molecular weight is 319 g/mol. The zero-order valence-corrected chi connectivity index (χ0v) is 12.6. The van der Waals surface area contributed by atoms with E-state index in [0.717, 1.165) is 10.7 Å². The number of carbonyl (C=O) groups is 1. The van der Waals surface area contributed by atoms with Crippen LogP contribution in [0.15, 0.2) is 39.5 Å². The fraction of sp³-hybridized carbons (Fsp3) is 0.0714. The number of nitrogens with one attached hydrogen (secondary N) is 1. The number of aromatic nitrogens is 1. The molecule has 0 aliphatic carbocycles. The Bertz CT molecular complexity index is 750. The summed E-state index contributed by atoms with van der Waals surface area (Å²) >= 11 is 2.77. The van der Waals surface area contributed by atoms with Crippen molar-refractivity contribution in [2.45, 2.75) is 6.92 Å². The summed E-state index contributed by atoms with van der Waals surface area (Å²) in [6.45, 7) is 1.91. The van der Waals surface area contributed by atoms with E-state index in [2.05, 4.69) is 15.3 Å². The van der Waals surface area contributed by atoms with Gasteiger partial charge in [0.1, 0.15) is 5.82 Å². The first-order valence-electron chi connectivity index (χ1n) is 6.07. The molecular formula is C14H10FN3OS2. The summed E-state index contributed by atoms with van der Waals surface area (Å²) in [6.07, 6.45) is 1.73. The molecule has 1 saturated heterocycles. The fourth-order valence-electron chi connectivity index (χ4n) is 1.69. The number of carbonyl (C=O) groups excluding carboxylic acids is 1. The Hall–Kier alpha value is -1.99. The number of aryl methyl sites for hydroxylation is 1. The Balaban J connectivity index is 1.81. The number of amidine groups is 1. The van der Waals surface area contributed by atoms with Gasteiger partial charge in [-0.2, -0.15) is 0 Å². The van der Waals surface area contributed by atoms with Crippen LogP contribution in [-0.2, 0) is 4.79 Å². The molecule has 0 spiro atoms. The number of hydrogen-bond acceptors (Lipinski definition) is 5. The van der Waals surface area contributed by atoms with Crippen LogP contribution in [0.2, 0.25) is 0 Å². The molecule has 0 bridgehead atoms. The minimum Gasteiger partial charge on any atom is -0.300 e. The van der Waals surface area contributed by atoms with Gasteiger partial charge in [0.05, 0.1) is 21.3 Å². The maximum Gasteiger partial charge on any atom is 0.264 e. The number of hydrogen-bond donors (Lipinski definition) is 1. The van der Waals surface area contributed by atoms with Gasteiger partial charge in [0.2, 0.25) is 0 Å². The van der Waals surface area contributed by atoms with E-state index >= 15 is 0 Å². The highest BCUT2D eigenvalue weighted by atomic mass is 32.2. The maximum atomic E-state index is 12.8. The largest absolute Gasteiger partial charge is 0.300 e. The first-order valence-corrected chi connectivity index (χ1v) is 7.77. The molecule has 7 heteroatoms. The third kappa shape index (κ3) is 3.37. The number of aliphatic imine (C=N–C) groups is 1. The predicted octanol–water partition coefficient (Wildman–Crippen LogP) is 3.48. The minimum atomic E-state index is -0.318. The van der Waals surface area contributed by atoms with Gasteiger partial charge in [0, 0.05) is 5.38 Å². The summed E-state index contributed by atoms with van der Waals surface area (Å²) in [4.78, 5) is 21.0. The molecule has 1 aliphatic rings. The number of thiazole rings is 1. The lowest BCUT2D eigenvalue weighted by molar-refractivity contribution is -0.115. The highest BCUT2D eigenvalue weighted by Gasteiger charge is 2.24. The van der Waals surface area contributed by atoms with Gasteiger partial charge in [0.15, 0.2) is 5.17 Å². The van der Waals surface area contributed by atoms with Crippen molar-refractivity contribution in [2.75, 3.05) is 0 Å². The van der Waals surface area contributed by atoms with Crippen molar-refractivity contribution in [2.24, 2.45) is 4.99 Å². The summed E-state index contributed by atoms with van der Waals surface area (Å²) in [6, 6.07) is 5.77. The topological polar surface area (TPSA) is 54.4 Å². The molecule has 1 N–H and O–H groups in total. The lowest BCUT2D eigenvalue weighted by Gasteiger charge is -1.95. The van der Waals surface area contributed by atoms with Crippen molar-refractivity contribution in [3.8, 4) is 0 Å². The van der Waals surface area contributed by atoms with Gasteiger partial charge in [-0.25, -0.2) is 14.4 Å². The Morgan fingerprint density at radius 3 is 2.76 bits per heavy atom. The van der Waals surface area contributed by atoms with Gasteiger partial charge in [0.25, 0.3) is 5.91 Å². The number of nitrogens with zero attached hydrogens (tertiary/aromatic N) is 2. The van der Waals surface area contributed by atoms with E-state index in [-0.39, 0.29) is 11.7 Å². The standard InChI is InChI=1S/C14H10FN3OS2/c1-8-16-11(7-20-8)6-12-13(19)18-14(21-12)17-10-4-2-9(15)3-5-10/h2-7H,1H3,(H,17,18,19)/b12-6-. The third-order valence-electron chi connectivity index (χ3n) is 2.62. The van der Waals surface area contributed by atoms with Crippen molar-refractivity contribution in [3.63, 3.8) is 0 Å². The molecule has 0 saturated carbocycles. The van der Waals surface area contributed by atoms with Gasteiger partial charge in [-0.05, 0) is 49.0 Å². The quantitative estimate of drug-likeness (QED) is 0.862. The molecule has 0 radical (unpaired) electrons. The van der Waals surface area contributed by atoms with E-state index in [9.17, 15) is 9.18 Å². The first-order chi connectivity index (χ1) is 10.1. The van der Waals surface area contributed by atoms with Crippen molar-refractivity contribution in [3.05, 3.63) is 51.1 Å². The SMILES string of the molecule is Cc1nc(/C=C2\SC(=Nc3ccc(F)cc3)NC2=O)cs1. The summed E-state index contributed by atoms with van der Waals surface area (Å²) in [7, 11) is 0. The number of rotatable bonds is 2. The molecule has 1 fully saturated rings. The normalized spacial score (nSPS) is 18.5. The molecule has 0 unspecified atom stereocenters. The molecule has 2 aromatic rings. The van der Waals surface area contributed by atoms with E-state index in [4.69, 9.17) is 0 Å². The second-order valence-corrected chi connectivity index (χ2v) is 6.34. The molecule has 1 aliphatic heterocycles. The van der Waals surface area contributed by atoms with Crippen LogP contribution in [0.25, 0.3) is 6.08 Å². The van der Waals surface area contributed by atoms with Crippen molar-refractivity contribution in [1.82, 2.24) is 10.3 Å². The predicted molar refractivity (Wildman–Crippen MR) is 84.1 cm³/mol. The van der Waals surface area contributed by atoms with Crippen LogP contribution >= 0.6 is 23.1 Å². The molecule has 106 valence electrons. The average Bonchev–Trinajstić information content (AvgIpc) is 3.00. The van der Waals surface area contributed by atoms with Crippen molar-refractivity contribution in [1.29, 1.82) is 0 Å². The van der Waals surface area contributed by atoms with Crippen LogP contribution in [0.3, 0.4) is 0 Å². The highest BCUT2D eigenvalue weighted by Crippen LogP contribution is 2.28. The van der Waals surface area contributed by atoms with Crippen LogP contribution in [-0.4, -0.2) is 16.1 Å². The van der Waals surface area contributed by atoms with E-state index in [1.54, 1.807) is 18.2 Å². The summed E-state index contributed by atoms with van der Waals surface area (Å²) in [5, 5.41) is 6.00. The lowest BCUT2D eigenvalue weighted by Crippen LogP contribution is -2.19. The number of halogens is 1. The molecule has 1 aromatic heterocycles. The molecule has 3 rings (SSSR count). The summed E-state index contributed by atoms with van der Waals surface area (Å²) in [5.41, 5.74) is 1.35. The fourth-order valence-corrected chi connectivity index (χ4v) is 3.09. The second kappa shape index (κ2) is 5.79. The highest BCUT2D eigenvalue weighted by molar-refractivity contribution is 8.18. The Kier molecular flexibility index (Phi) is 3.85. The molecule has 1 aromatic carbocycles. The zero-order chi connectivity index (χ0) is 14.8. The van der Waals surface area contributed by atoms with Crippen LogP contribution in [0.1, 0.15) is 10.7 Å². The van der Waals surface area contributed by atoms with Gasteiger partial charge in [-0.1, -0.05) is 0 Å². The van der Waals surface area contributed by atoms with Crippen molar-refractivity contribution >= 4 is 45.9 Å². The maximum absolute atomic E-state index is 12.8. The second-order valence-electron chi connectivity index (χ2n) is 4.25. The Labute approximate surface area is 128 Å². The monoisotopic (exact) mass is 319 g/mol. The van der Waals surface area contributed by atoms with Gasteiger partial charge < -0.3 is 5.32 Å². The van der Waals surface area contributed by atoms with Crippen LogP contribution in [0, 0.1) is 12.7 Å². The molecule has 4 nitrogen and oxygen atoms in total. The zero-order valence-electron chi connectivity index (χ0n) is 11.0.